The van der Waals surface area contributed by atoms with E-state index in [0.29, 0.717) is 11.6 Å². The van der Waals surface area contributed by atoms with Gasteiger partial charge in [0.25, 0.3) is 0 Å². The number of aromatic hydroxyl groups is 1. The number of hydrogen-bond acceptors (Lipinski definition) is 5. The van der Waals surface area contributed by atoms with Crippen molar-refractivity contribution in [1.29, 1.82) is 0 Å². The van der Waals surface area contributed by atoms with Crippen molar-refractivity contribution in [3.05, 3.63) is 29.5 Å². The second-order valence-corrected chi connectivity index (χ2v) is 4.81. The standard InChI is InChI=1S/C15H17N3O2/c1-16-15-10-4-3-5-11(10)17-14(18-15)9-6-7-12(19)13(8-9)20-2/h6-8,19H,3-5H2,1-2H3,(H,16,17,18). The smallest absolute Gasteiger partial charge is 0.161 e. The van der Waals surface area contributed by atoms with Crippen LogP contribution in [0.5, 0.6) is 11.5 Å². The zero-order chi connectivity index (χ0) is 14.1. The predicted molar refractivity (Wildman–Crippen MR) is 77.3 cm³/mol. The van der Waals surface area contributed by atoms with Gasteiger partial charge in [0.15, 0.2) is 17.3 Å². The molecule has 1 aromatic carbocycles. The summed E-state index contributed by atoms with van der Waals surface area (Å²) in [5, 5.41) is 12.8. The van der Waals surface area contributed by atoms with Gasteiger partial charge in [-0.15, -0.1) is 0 Å². The summed E-state index contributed by atoms with van der Waals surface area (Å²) in [5.74, 6) is 2.10. The molecule has 0 bridgehead atoms. The van der Waals surface area contributed by atoms with E-state index in [1.54, 1.807) is 18.2 Å². The van der Waals surface area contributed by atoms with Gasteiger partial charge in [0.05, 0.1) is 7.11 Å². The van der Waals surface area contributed by atoms with Gasteiger partial charge in [0.2, 0.25) is 0 Å². The number of nitrogens with zero attached hydrogens (tertiary/aromatic N) is 2. The fourth-order valence-electron chi connectivity index (χ4n) is 2.59. The number of methoxy groups -OCH3 is 1. The van der Waals surface area contributed by atoms with Crippen molar-refractivity contribution in [2.45, 2.75) is 19.3 Å². The van der Waals surface area contributed by atoms with E-state index in [1.807, 2.05) is 7.05 Å². The Morgan fingerprint density at radius 3 is 2.85 bits per heavy atom. The highest BCUT2D eigenvalue weighted by atomic mass is 16.5. The Kier molecular flexibility index (Phi) is 3.18. The summed E-state index contributed by atoms with van der Waals surface area (Å²) in [5.41, 5.74) is 3.18. The van der Waals surface area contributed by atoms with Gasteiger partial charge < -0.3 is 15.2 Å². The highest BCUT2D eigenvalue weighted by Crippen LogP contribution is 2.33. The number of benzene rings is 1. The van der Waals surface area contributed by atoms with Gasteiger partial charge in [-0.05, 0) is 37.5 Å². The van der Waals surface area contributed by atoms with Crippen LogP contribution in [0.1, 0.15) is 17.7 Å². The Hall–Kier alpha value is -2.30. The molecule has 2 aromatic rings. The van der Waals surface area contributed by atoms with Crippen LogP contribution in [0.25, 0.3) is 11.4 Å². The molecule has 0 spiro atoms. The molecule has 0 radical (unpaired) electrons. The molecule has 2 N–H and O–H groups in total. The molecule has 1 aliphatic rings. The number of fused-ring (bicyclic) bond motifs is 1. The molecule has 20 heavy (non-hydrogen) atoms. The van der Waals surface area contributed by atoms with Crippen LogP contribution in [-0.2, 0) is 12.8 Å². The predicted octanol–water partition coefficient (Wildman–Crippen LogP) is 2.39. The van der Waals surface area contributed by atoms with Gasteiger partial charge in [-0.1, -0.05) is 0 Å². The van der Waals surface area contributed by atoms with Crippen LogP contribution < -0.4 is 10.1 Å². The molecule has 0 atom stereocenters. The SMILES string of the molecule is CNc1nc(-c2ccc(O)c(OC)c2)nc2c1CCC2. The summed E-state index contributed by atoms with van der Waals surface area (Å²) in [6, 6.07) is 5.16. The molecule has 0 amide bonds. The number of phenols is 1. The lowest BCUT2D eigenvalue weighted by molar-refractivity contribution is 0.373. The number of rotatable bonds is 3. The van der Waals surface area contributed by atoms with Gasteiger partial charge >= 0.3 is 0 Å². The third-order valence-electron chi connectivity index (χ3n) is 3.61. The molecule has 0 aliphatic heterocycles. The molecule has 1 aromatic heterocycles. The number of aryl methyl sites for hydroxylation is 1. The minimum absolute atomic E-state index is 0.117. The maximum absolute atomic E-state index is 9.66. The number of aromatic nitrogens is 2. The lowest BCUT2D eigenvalue weighted by atomic mass is 10.1. The summed E-state index contributed by atoms with van der Waals surface area (Å²) >= 11 is 0. The number of nitrogens with one attached hydrogen (secondary N) is 1. The lowest BCUT2D eigenvalue weighted by Crippen LogP contribution is -2.03. The summed E-state index contributed by atoms with van der Waals surface area (Å²) in [6.45, 7) is 0. The van der Waals surface area contributed by atoms with Crippen LogP contribution in [0.15, 0.2) is 18.2 Å². The van der Waals surface area contributed by atoms with E-state index in [4.69, 9.17) is 4.74 Å². The highest BCUT2D eigenvalue weighted by Gasteiger charge is 2.19. The molecule has 3 rings (SSSR count). The van der Waals surface area contributed by atoms with Gasteiger partial charge in [-0.3, -0.25) is 0 Å². The molecule has 0 saturated carbocycles. The van der Waals surface area contributed by atoms with E-state index in [2.05, 4.69) is 15.3 Å². The first kappa shape index (κ1) is 12.7. The van der Waals surface area contributed by atoms with E-state index in [1.165, 1.54) is 12.7 Å². The zero-order valence-corrected chi connectivity index (χ0v) is 11.6. The van der Waals surface area contributed by atoms with Crippen molar-refractivity contribution in [3.8, 4) is 22.9 Å². The Morgan fingerprint density at radius 2 is 2.10 bits per heavy atom. The van der Waals surface area contributed by atoms with Crippen molar-refractivity contribution in [2.24, 2.45) is 0 Å². The van der Waals surface area contributed by atoms with Crippen molar-refractivity contribution < 1.29 is 9.84 Å². The van der Waals surface area contributed by atoms with E-state index >= 15 is 0 Å². The summed E-state index contributed by atoms with van der Waals surface area (Å²) in [6.07, 6.45) is 3.15. The van der Waals surface area contributed by atoms with Crippen molar-refractivity contribution in [2.75, 3.05) is 19.5 Å². The van der Waals surface area contributed by atoms with E-state index in [9.17, 15) is 5.11 Å². The van der Waals surface area contributed by atoms with Crippen molar-refractivity contribution in [1.82, 2.24) is 9.97 Å². The monoisotopic (exact) mass is 271 g/mol. The summed E-state index contributed by atoms with van der Waals surface area (Å²) < 4.78 is 5.14. The lowest BCUT2D eigenvalue weighted by Gasteiger charge is -2.10. The van der Waals surface area contributed by atoms with Crippen LogP contribution in [0.2, 0.25) is 0 Å². The Balaban J connectivity index is 2.10. The molecule has 0 unspecified atom stereocenters. The van der Waals surface area contributed by atoms with Crippen LogP contribution in [0.3, 0.4) is 0 Å². The van der Waals surface area contributed by atoms with E-state index < -0.39 is 0 Å². The van der Waals surface area contributed by atoms with Crippen LogP contribution in [0, 0.1) is 0 Å². The zero-order valence-electron chi connectivity index (χ0n) is 11.6. The molecule has 0 fully saturated rings. The number of hydrogen-bond donors (Lipinski definition) is 2. The Morgan fingerprint density at radius 1 is 1.25 bits per heavy atom. The molecule has 104 valence electrons. The average molecular weight is 271 g/mol. The van der Waals surface area contributed by atoms with Gasteiger partial charge in [-0.2, -0.15) is 0 Å². The fraction of sp³-hybridized carbons (Fsp3) is 0.333. The third-order valence-corrected chi connectivity index (χ3v) is 3.61. The molecular weight excluding hydrogens is 254 g/mol. The first-order chi connectivity index (χ1) is 9.72. The second-order valence-electron chi connectivity index (χ2n) is 4.81. The Bertz CT molecular complexity index is 656. The second kappa shape index (κ2) is 5.00. The largest absolute Gasteiger partial charge is 0.504 e. The summed E-state index contributed by atoms with van der Waals surface area (Å²) in [4.78, 5) is 9.23. The molecular formula is C15H17N3O2. The minimum atomic E-state index is 0.117. The van der Waals surface area contributed by atoms with Gasteiger partial charge in [-0.25, -0.2) is 9.97 Å². The van der Waals surface area contributed by atoms with Crippen LogP contribution >= 0.6 is 0 Å². The van der Waals surface area contributed by atoms with Crippen molar-refractivity contribution >= 4 is 5.82 Å². The first-order valence-electron chi connectivity index (χ1n) is 6.68. The topological polar surface area (TPSA) is 67.3 Å². The Labute approximate surface area is 117 Å². The van der Waals surface area contributed by atoms with Gasteiger partial charge in [0, 0.05) is 23.9 Å². The van der Waals surface area contributed by atoms with Crippen LogP contribution in [0.4, 0.5) is 5.82 Å². The molecule has 5 nitrogen and oxygen atoms in total. The van der Waals surface area contributed by atoms with E-state index in [-0.39, 0.29) is 5.75 Å². The number of phenolic OH excluding ortho intramolecular Hbond substituents is 1. The van der Waals surface area contributed by atoms with E-state index in [0.717, 1.165) is 36.3 Å². The molecule has 0 saturated heterocycles. The maximum Gasteiger partial charge on any atom is 0.161 e. The van der Waals surface area contributed by atoms with Crippen molar-refractivity contribution in [3.63, 3.8) is 0 Å². The number of anilines is 1. The molecule has 1 aliphatic carbocycles. The fourth-order valence-corrected chi connectivity index (χ4v) is 2.59. The molecule has 5 heteroatoms. The maximum atomic E-state index is 9.66. The molecule has 1 heterocycles. The summed E-state index contributed by atoms with van der Waals surface area (Å²) in [7, 11) is 3.41. The minimum Gasteiger partial charge on any atom is -0.504 e. The van der Waals surface area contributed by atoms with Gasteiger partial charge in [0.1, 0.15) is 5.82 Å². The number of ether oxygens (including phenoxy) is 1. The normalized spacial score (nSPS) is 13.1. The van der Waals surface area contributed by atoms with Crippen LogP contribution in [-0.4, -0.2) is 29.2 Å². The average Bonchev–Trinajstić information content (AvgIpc) is 2.95. The highest BCUT2D eigenvalue weighted by molar-refractivity contribution is 5.64. The third kappa shape index (κ3) is 2.05. The first-order valence-corrected chi connectivity index (χ1v) is 6.68. The quantitative estimate of drug-likeness (QED) is 0.897.